The minimum absolute atomic E-state index is 0.337. The topological polar surface area (TPSA) is 46.0 Å². The predicted octanol–water partition coefficient (Wildman–Crippen LogP) is 3.88. The van der Waals surface area contributed by atoms with Crippen LogP contribution in [0, 0.1) is 11.8 Å². The van der Waals surface area contributed by atoms with E-state index in [2.05, 4.69) is 16.9 Å². The molecule has 3 heteroatoms. The zero-order valence-corrected chi connectivity index (χ0v) is 12.0. The van der Waals surface area contributed by atoms with Crippen LogP contribution >= 0.6 is 0 Å². The normalized spacial score (nSPS) is 24.7. The van der Waals surface area contributed by atoms with Crippen LogP contribution in [0.3, 0.4) is 0 Å². The molecule has 0 amide bonds. The average molecular weight is 270 g/mol. The molecule has 3 atom stereocenters. The summed E-state index contributed by atoms with van der Waals surface area (Å²) in [6.45, 7) is 2.22. The highest BCUT2D eigenvalue weighted by Crippen LogP contribution is 2.39. The summed E-state index contributed by atoms with van der Waals surface area (Å²) in [5.41, 5.74) is 2.49. The molecule has 1 aliphatic carbocycles. The summed E-state index contributed by atoms with van der Waals surface area (Å²) in [6, 6.07) is 7.83. The lowest BCUT2D eigenvalue weighted by molar-refractivity contribution is 0.0422. The third-order valence-electron chi connectivity index (χ3n) is 4.67. The molecular formula is C17H22N2O. The van der Waals surface area contributed by atoms with E-state index < -0.39 is 6.10 Å². The maximum absolute atomic E-state index is 10.7. The molecule has 3 rings (SSSR count). The molecular weight excluding hydrogens is 248 g/mol. The number of rotatable bonds is 3. The van der Waals surface area contributed by atoms with E-state index in [1.54, 1.807) is 6.20 Å². The van der Waals surface area contributed by atoms with Crippen molar-refractivity contribution in [3.63, 3.8) is 0 Å². The molecule has 0 saturated heterocycles. The highest BCUT2D eigenvalue weighted by atomic mass is 16.3. The molecule has 0 radical (unpaired) electrons. The van der Waals surface area contributed by atoms with Gasteiger partial charge in [-0.15, -0.1) is 0 Å². The van der Waals surface area contributed by atoms with Crippen molar-refractivity contribution in [3.8, 4) is 0 Å². The number of benzene rings is 1. The number of para-hydroxylation sites is 2. The molecule has 0 aliphatic heterocycles. The second kappa shape index (κ2) is 5.88. The average Bonchev–Trinajstić information content (AvgIpc) is 2.53. The van der Waals surface area contributed by atoms with Crippen molar-refractivity contribution < 1.29 is 5.11 Å². The van der Waals surface area contributed by atoms with Crippen LogP contribution < -0.4 is 0 Å². The van der Waals surface area contributed by atoms with Crippen molar-refractivity contribution in [2.45, 2.75) is 45.1 Å². The first-order valence-corrected chi connectivity index (χ1v) is 7.69. The van der Waals surface area contributed by atoms with Crippen LogP contribution in [0.1, 0.15) is 50.8 Å². The number of aromatic nitrogens is 2. The van der Waals surface area contributed by atoms with Crippen molar-refractivity contribution in [1.29, 1.82) is 0 Å². The molecule has 1 aromatic heterocycles. The second-order valence-corrected chi connectivity index (χ2v) is 5.85. The lowest BCUT2D eigenvalue weighted by Gasteiger charge is -2.34. The zero-order chi connectivity index (χ0) is 13.9. The van der Waals surface area contributed by atoms with E-state index in [-0.39, 0.29) is 0 Å². The van der Waals surface area contributed by atoms with Crippen molar-refractivity contribution in [3.05, 3.63) is 36.2 Å². The fourth-order valence-electron chi connectivity index (χ4n) is 3.49. The summed E-state index contributed by atoms with van der Waals surface area (Å²) >= 11 is 0. The van der Waals surface area contributed by atoms with Gasteiger partial charge in [0.25, 0.3) is 0 Å². The van der Waals surface area contributed by atoms with Crippen LogP contribution in [-0.4, -0.2) is 15.1 Å². The van der Waals surface area contributed by atoms with Crippen LogP contribution in [0.2, 0.25) is 0 Å². The lowest BCUT2D eigenvalue weighted by Crippen LogP contribution is -2.26. The summed E-state index contributed by atoms with van der Waals surface area (Å²) in [6.07, 6.45) is 7.27. The summed E-state index contributed by atoms with van der Waals surface area (Å²) in [7, 11) is 0. The van der Waals surface area contributed by atoms with Gasteiger partial charge in [-0.3, -0.25) is 4.98 Å². The first-order valence-electron chi connectivity index (χ1n) is 7.69. The molecule has 0 bridgehead atoms. The Morgan fingerprint density at radius 2 is 1.95 bits per heavy atom. The molecule has 2 aromatic rings. The summed E-state index contributed by atoms with van der Waals surface area (Å²) < 4.78 is 0. The summed E-state index contributed by atoms with van der Waals surface area (Å²) in [4.78, 5) is 9.03. The molecule has 1 heterocycles. The Hall–Kier alpha value is -1.48. The van der Waals surface area contributed by atoms with E-state index in [4.69, 9.17) is 0 Å². The largest absolute Gasteiger partial charge is 0.386 e. The third-order valence-corrected chi connectivity index (χ3v) is 4.67. The van der Waals surface area contributed by atoms with Gasteiger partial charge in [-0.1, -0.05) is 44.7 Å². The number of fused-ring (bicyclic) bond motifs is 1. The van der Waals surface area contributed by atoms with Gasteiger partial charge in [-0.25, -0.2) is 4.98 Å². The fraction of sp³-hybridized carbons (Fsp3) is 0.529. The van der Waals surface area contributed by atoms with Gasteiger partial charge in [0.15, 0.2) is 0 Å². The Kier molecular flexibility index (Phi) is 3.97. The Labute approximate surface area is 120 Å². The van der Waals surface area contributed by atoms with E-state index >= 15 is 0 Å². The highest BCUT2D eigenvalue weighted by Gasteiger charge is 2.31. The van der Waals surface area contributed by atoms with Gasteiger partial charge in [0.1, 0.15) is 6.10 Å². The van der Waals surface area contributed by atoms with Crippen LogP contribution in [-0.2, 0) is 0 Å². The quantitative estimate of drug-likeness (QED) is 0.920. The van der Waals surface area contributed by atoms with Crippen LogP contribution in [0.25, 0.3) is 11.0 Å². The predicted molar refractivity (Wildman–Crippen MR) is 80.2 cm³/mol. The molecule has 1 saturated carbocycles. The molecule has 1 aromatic carbocycles. The van der Waals surface area contributed by atoms with Crippen LogP contribution in [0.4, 0.5) is 0 Å². The zero-order valence-electron chi connectivity index (χ0n) is 12.0. The Morgan fingerprint density at radius 3 is 2.75 bits per heavy atom. The Balaban J connectivity index is 1.89. The van der Waals surface area contributed by atoms with Gasteiger partial charge in [0.2, 0.25) is 0 Å². The smallest absolute Gasteiger partial charge is 0.101 e. The maximum Gasteiger partial charge on any atom is 0.101 e. The van der Waals surface area contributed by atoms with E-state index in [9.17, 15) is 5.11 Å². The Bertz CT molecular complexity index is 584. The van der Waals surface area contributed by atoms with Crippen molar-refractivity contribution in [1.82, 2.24) is 9.97 Å². The van der Waals surface area contributed by atoms with Gasteiger partial charge in [0.05, 0.1) is 22.9 Å². The molecule has 3 nitrogen and oxygen atoms in total. The summed E-state index contributed by atoms with van der Waals surface area (Å²) in [5.74, 6) is 0.955. The number of hydrogen-bond acceptors (Lipinski definition) is 3. The maximum atomic E-state index is 10.7. The van der Waals surface area contributed by atoms with E-state index in [1.165, 1.54) is 19.3 Å². The minimum Gasteiger partial charge on any atom is -0.386 e. The van der Waals surface area contributed by atoms with E-state index in [0.717, 1.165) is 29.6 Å². The summed E-state index contributed by atoms with van der Waals surface area (Å²) in [5, 5.41) is 10.7. The second-order valence-electron chi connectivity index (χ2n) is 5.85. The number of aliphatic hydroxyl groups is 1. The first kappa shape index (κ1) is 13.5. The molecule has 1 N–H and O–H groups in total. The van der Waals surface area contributed by atoms with Gasteiger partial charge < -0.3 is 5.11 Å². The van der Waals surface area contributed by atoms with E-state index in [1.807, 2.05) is 24.3 Å². The van der Waals surface area contributed by atoms with Crippen molar-refractivity contribution in [2.75, 3.05) is 0 Å². The molecule has 106 valence electrons. The van der Waals surface area contributed by atoms with Crippen molar-refractivity contribution >= 4 is 11.0 Å². The first-order chi connectivity index (χ1) is 9.79. The number of aliphatic hydroxyl groups excluding tert-OH is 1. The fourth-order valence-corrected chi connectivity index (χ4v) is 3.49. The minimum atomic E-state index is -0.475. The van der Waals surface area contributed by atoms with Crippen molar-refractivity contribution in [2.24, 2.45) is 11.8 Å². The van der Waals surface area contributed by atoms with Gasteiger partial charge in [-0.2, -0.15) is 0 Å². The Morgan fingerprint density at radius 1 is 1.20 bits per heavy atom. The third kappa shape index (κ3) is 2.55. The van der Waals surface area contributed by atoms with Gasteiger partial charge >= 0.3 is 0 Å². The van der Waals surface area contributed by atoms with E-state index in [0.29, 0.717) is 11.8 Å². The molecule has 1 aliphatic rings. The SMILES string of the molecule is CCC1CCCCC1C(O)c1cnc2ccccc2n1. The van der Waals surface area contributed by atoms with Crippen LogP contribution in [0.5, 0.6) is 0 Å². The van der Waals surface area contributed by atoms with Gasteiger partial charge in [0, 0.05) is 0 Å². The van der Waals surface area contributed by atoms with Crippen LogP contribution in [0.15, 0.2) is 30.5 Å². The number of hydrogen-bond donors (Lipinski definition) is 1. The molecule has 1 fully saturated rings. The number of nitrogens with zero attached hydrogens (tertiary/aromatic N) is 2. The molecule has 20 heavy (non-hydrogen) atoms. The monoisotopic (exact) mass is 270 g/mol. The molecule has 3 unspecified atom stereocenters. The standard InChI is InChI=1S/C17H22N2O/c1-2-12-7-3-4-8-13(12)17(20)16-11-18-14-9-5-6-10-15(14)19-16/h5-6,9-13,17,20H,2-4,7-8H2,1H3. The lowest BCUT2D eigenvalue weighted by atomic mass is 9.74. The molecule has 0 spiro atoms. The van der Waals surface area contributed by atoms with Gasteiger partial charge in [-0.05, 0) is 30.4 Å². The highest BCUT2D eigenvalue weighted by molar-refractivity contribution is 5.73.